The Morgan fingerprint density at radius 2 is 1.71 bits per heavy atom. The zero-order chi connectivity index (χ0) is 12.1. The highest BCUT2D eigenvalue weighted by molar-refractivity contribution is 7.99. The molecule has 0 aromatic rings. The summed E-state index contributed by atoms with van der Waals surface area (Å²) in [5.41, 5.74) is 0. The first-order valence-electron chi connectivity index (χ1n) is 6.87. The van der Waals surface area contributed by atoms with Crippen LogP contribution in [0.4, 0.5) is 0 Å². The van der Waals surface area contributed by atoms with Gasteiger partial charge in [-0.25, -0.2) is 0 Å². The second-order valence-electron chi connectivity index (χ2n) is 5.32. The van der Waals surface area contributed by atoms with Gasteiger partial charge in [0.05, 0.1) is 0 Å². The van der Waals surface area contributed by atoms with Crippen molar-refractivity contribution in [3.05, 3.63) is 0 Å². The van der Waals surface area contributed by atoms with Crippen molar-refractivity contribution in [2.45, 2.75) is 68.7 Å². The smallest absolute Gasteiger partial charge is 0.166 e. The van der Waals surface area contributed by atoms with Crippen molar-refractivity contribution in [3.8, 4) is 0 Å². The van der Waals surface area contributed by atoms with E-state index in [1.165, 1.54) is 51.4 Å². The fraction of sp³-hybridized carbons (Fsp3) is 0.923. The maximum Gasteiger partial charge on any atom is 0.166 e. The molecule has 4 heteroatoms. The van der Waals surface area contributed by atoms with Gasteiger partial charge >= 0.3 is 0 Å². The van der Waals surface area contributed by atoms with Crippen LogP contribution in [0.3, 0.4) is 0 Å². The van der Waals surface area contributed by atoms with Crippen LogP contribution >= 0.6 is 24.0 Å². The van der Waals surface area contributed by atoms with E-state index < -0.39 is 0 Å². The summed E-state index contributed by atoms with van der Waals surface area (Å²) in [6.45, 7) is 0. The topological polar surface area (TPSA) is 24.1 Å². The van der Waals surface area contributed by atoms with Crippen LogP contribution in [-0.2, 0) is 0 Å². The maximum absolute atomic E-state index is 5.42. The Hall–Kier alpha value is 0.0400. The summed E-state index contributed by atoms with van der Waals surface area (Å²) < 4.78 is 0. The minimum Gasteiger partial charge on any atom is -0.360 e. The Labute approximate surface area is 115 Å². The van der Waals surface area contributed by atoms with Gasteiger partial charge in [0, 0.05) is 17.3 Å². The fourth-order valence-corrected chi connectivity index (χ4v) is 4.07. The van der Waals surface area contributed by atoms with Crippen LogP contribution in [0.15, 0.2) is 0 Å². The van der Waals surface area contributed by atoms with E-state index in [2.05, 4.69) is 16.9 Å². The molecule has 0 aliphatic heterocycles. The number of hydrogen-bond acceptors (Lipinski definition) is 2. The molecule has 17 heavy (non-hydrogen) atoms. The van der Waals surface area contributed by atoms with Crippen molar-refractivity contribution in [1.82, 2.24) is 10.6 Å². The van der Waals surface area contributed by atoms with Gasteiger partial charge in [0.15, 0.2) is 5.11 Å². The van der Waals surface area contributed by atoms with E-state index in [9.17, 15) is 0 Å². The lowest BCUT2D eigenvalue weighted by Gasteiger charge is -2.25. The number of nitrogens with one attached hydrogen (secondary N) is 2. The van der Waals surface area contributed by atoms with Gasteiger partial charge in [0.2, 0.25) is 0 Å². The van der Waals surface area contributed by atoms with Crippen LogP contribution in [0.25, 0.3) is 0 Å². The standard InChI is InChI=1S/C13H24N2S2/c1-17-12-8-7-11(9-12)15-13(16)14-10-5-3-2-4-6-10/h10-12H,2-9H2,1H3,(H2,14,15,16). The average molecular weight is 272 g/mol. The number of thiocarbonyl (C=S) groups is 1. The molecule has 0 spiro atoms. The molecular formula is C13H24N2S2. The molecule has 0 aromatic carbocycles. The van der Waals surface area contributed by atoms with Crippen molar-refractivity contribution >= 4 is 29.1 Å². The third-order valence-electron chi connectivity index (χ3n) is 3.99. The molecule has 2 aliphatic rings. The van der Waals surface area contributed by atoms with Gasteiger partial charge < -0.3 is 10.6 Å². The minimum absolute atomic E-state index is 0.607. The number of rotatable bonds is 3. The van der Waals surface area contributed by atoms with Gasteiger partial charge in [-0.15, -0.1) is 0 Å². The molecule has 2 fully saturated rings. The largest absolute Gasteiger partial charge is 0.360 e. The Balaban J connectivity index is 1.66. The highest BCUT2D eigenvalue weighted by Crippen LogP contribution is 2.28. The predicted octanol–water partition coefficient (Wildman–Crippen LogP) is 3.07. The van der Waals surface area contributed by atoms with E-state index >= 15 is 0 Å². The Bertz CT molecular complexity index is 252. The Morgan fingerprint density at radius 1 is 1.00 bits per heavy atom. The monoisotopic (exact) mass is 272 g/mol. The summed E-state index contributed by atoms with van der Waals surface area (Å²) in [6, 6.07) is 1.23. The van der Waals surface area contributed by atoms with Gasteiger partial charge in [0.25, 0.3) is 0 Å². The van der Waals surface area contributed by atoms with E-state index in [-0.39, 0.29) is 0 Å². The Morgan fingerprint density at radius 3 is 2.35 bits per heavy atom. The van der Waals surface area contributed by atoms with E-state index in [0.717, 1.165) is 10.4 Å². The van der Waals surface area contributed by atoms with E-state index in [0.29, 0.717) is 12.1 Å². The second kappa shape index (κ2) is 6.83. The average Bonchev–Trinajstić information content (AvgIpc) is 2.78. The van der Waals surface area contributed by atoms with Crippen molar-refractivity contribution in [2.24, 2.45) is 0 Å². The molecule has 0 aromatic heterocycles. The summed E-state index contributed by atoms with van der Waals surface area (Å²) >= 11 is 7.41. The van der Waals surface area contributed by atoms with Crippen LogP contribution < -0.4 is 10.6 Å². The van der Waals surface area contributed by atoms with Crippen molar-refractivity contribution in [1.29, 1.82) is 0 Å². The first-order chi connectivity index (χ1) is 8.28. The zero-order valence-electron chi connectivity index (χ0n) is 10.7. The van der Waals surface area contributed by atoms with Crippen LogP contribution in [0.1, 0.15) is 51.4 Å². The lowest BCUT2D eigenvalue weighted by molar-refractivity contribution is 0.410. The first kappa shape index (κ1) is 13.5. The molecule has 0 radical (unpaired) electrons. The van der Waals surface area contributed by atoms with E-state index in [1.807, 2.05) is 11.8 Å². The van der Waals surface area contributed by atoms with Gasteiger partial charge in [-0.05, 0) is 50.6 Å². The summed E-state index contributed by atoms with van der Waals surface area (Å²) in [5.74, 6) is 0. The first-order valence-corrected chi connectivity index (χ1v) is 8.57. The quantitative estimate of drug-likeness (QED) is 0.771. The van der Waals surface area contributed by atoms with Crippen LogP contribution in [0.2, 0.25) is 0 Å². The number of thioether (sulfide) groups is 1. The maximum atomic E-state index is 5.42. The van der Waals surface area contributed by atoms with Crippen molar-refractivity contribution in [2.75, 3.05) is 6.26 Å². The highest BCUT2D eigenvalue weighted by atomic mass is 32.2. The van der Waals surface area contributed by atoms with Crippen LogP contribution in [0, 0.1) is 0 Å². The lowest BCUT2D eigenvalue weighted by atomic mass is 9.96. The normalized spacial score (nSPS) is 30.2. The lowest BCUT2D eigenvalue weighted by Crippen LogP contribution is -2.46. The predicted molar refractivity (Wildman–Crippen MR) is 80.7 cm³/mol. The molecule has 0 amide bonds. The molecule has 0 saturated heterocycles. The second-order valence-corrected chi connectivity index (χ2v) is 6.87. The summed E-state index contributed by atoms with van der Waals surface area (Å²) in [7, 11) is 0. The highest BCUT2D eigenvalue weighted by Gasteiger charge is 2.24. The fourth-order valence-electron chi connectivity index (χ4n) is 2.94. The summed E-state index contributed by atoms with van der Waals surface area (Å²) in [5, 5.41) is 8.72. The van der Waals surface area contributed by atoms with E-state index in [1.54, 1.807) is 0 Å². The van der Waals surface area contributed by atoms with Gasteiger partial charge in [-0.3, -0.25) is 0 Å². The molecule has 2 rings (SSSR count). The molecule has 2 N–H and O–H groups in total. The third kappa shape index (κ3) is 4.32. The van der Waals surface area contributed by atoms with E-state index in [4.69, 9.17) is 12.2 Å². The van der Waals surface area contributed by atoms with Crippen molar-refractivity contribution in [3.63, 3.8) is 0 Å². The third-order valence-corrected chi connectivity index (χ3v) is 5.32. The molecule has 0 heterocycles. The molecule has 0 bridgehead atoms. The molecule has 2 unspecified atom stereocenters. The SMILES string of the molecule is CSC1CCC(NC(=S)NC2CCCCC2)C1. The molecule has 98 valence electrons. The van der Waals surface area contributed by atoms with Crippen LogP contribution in [0.5, 0.6) is 0 Å². The van der Waals surface area contributed by atoms with Gasteiger partial charge in [-0.2, -0.15) is 11.8 Å². The van der Waals surface area contributed by atoms with Crippen molar-refractivity contribution < 1.29 is 0 Å². The summed E-state index contributed by atoms with van der Waals surface area (Å²) in [6.07, 6.45) is 12.8. The summed E-state index contributed by atoms with van der Waals surface area (Å²) in [4.78, 5) is 0. The zero-order valence-corrected chi connectivity index (χ0v) is 12.3. The molecule has 2 aliphatic carbocycles. The minimum atomic E-state index is 0.607. The van der Waals surface area contributed by atoms with Crippen LogP contribution in [-0.4, -0.2) is 28.7 Å². The molecule has 2 saturated carbocycles. The Kier molecular flexibility index (Phi) is 5.42. The molecule has 2 nitrogen and oxygen atoms in total. The van der Waals surface area contributed by atoms with Gasteiger partial charge in [0.1, 0.15) is 0 Å². The molecular weight excluding hydrogens is 248 g/mol. The molecule has 2 atom stereocenters. The number of hydrogen-bond donors (Lipinski definition) is 2. The van der Waals surface area contributed by atoms with Gasteiger partial charge in [-0.1, -0.05) is 19.3 Å².